The summed E-state index contributed by atoms with van der Waals surface area (Å²) < 4.78 is 46.0. The summed E-state index contributed by atoms with van der Waals surface area (Å²) in [4.78, 5) is 10.6. The van der Waals surface area contributed by atoms with Gasteiger partial charge in [0.15, 0.2) is 5.60 Å². The van der Waals surface area contributed by atoms with Gasteiger partial charge in [0.2, 0.25) is 0 Å². The molecule has 4 nitrogen and oxygen atoms in total. The van der Waals surface area contributed by atoms with Gasteiger partial charge in [-0.3, -0.25) is 4.79 Å². The minimum Gasteiger partial charge on any atom is -0.480 e. The lowest BCUT2D eigenvalue weighted by Gasteiger charge is -2.32. The van der Waals surface area contributed by atoms with Crippen LogP contribution >= 0.6 is 11.8 Å². The summed E-state index contributed by atoms with van der Waals surface area (Å²) in [6.45, 7) is -0.0514. The van der Waals surface area contributed by atoms with Crippen molar-refractivity contribution >= 4 is 17.7 Å². The van der Waals surface area contributed by atoms with E-state index in [0.29, 0.717) is 11.3 Å². The molecule has 0 aromatic heterocycles. The summed E-state index contributed by atoms with van der Waals surface area (Å²) in [5, 5.41) is 8.67. The monoisotopic (exact) mass is 349 g/mol. The van der Waals surface area contributed by atoms with Gasteiger partial charge < -0.3 is 15.6 Å². The predicted molar refractivity (Wildman–Crippen MR) is 81.1 cm³/mol. The highest BCUT2D eigenvalue weighted by Gasteiger charge is 2.59. The Bertz CT molecular complexity index is 567. The smallest absolute Gasteiger partial charge is 0.421 e. The second-order valence-corrected chi connectivity index (χ2v) is 6.59. The molecule has 1 aromatic rings. The van der Waals surface area contributed by atoms with E-state index in [1.165, 1.54) is 17.8 Å². The summed E-state index contributed by atoms with van der Waals surface area (Å²) >= 11 is 1.25. The maximum atomic E-state index is 13.6. The van der Waals surface area contributed by atoms with Gasteiger partial charge in [0.1, 0.15) is 6.04 Å². The molecule has 23 heavy (non-hydrogen) atoms. The number of hydrogen-bond donors (Lipinski definition) is 2. The van der Waals surface area contributed by atoms with Crippen molar-refractivity contribution in [2.45, 2.75) is 37.3 Å². The SMILES string of the molecule is NC(CCSCCC1(C(F)(F)F)OCc2ccccc21)C(=O)O. The van der Waals surface area contributed by atoms with Crippen molar-refractivity contribution in [3.8, 4) is 0 Å². The van der Waals surface area contributed by atoms with Crippen LogP contribution in [-0.4, -0.2) is 34.8 Å². The fourth-order valence-electron chi connectivity index (χ4n) is 2.55. The fraction of sp³-hybridized carbons (Fsp3) is 0.533. The lowest BCUT2D eigenvalue weighted by Crippen LogP contribution is -2.42. The Hall–Kier alpha value is -1.25. The number of thioether (sulfide) groups is 1. The molecule has 1 heterocycles. The summed E-state index contributed by atoms with van der Waals surface area (Å²) in [6.07, 6.45) is -4.49. The van der Waals surface area contributed by atoms with Crippen molar-refractivity contribution < 1.29 is 27.8 Å². The van der Waals surface area contributed by atoms with Crippen molar-refractivity contribution in [3.05, 3.63) is 35.4 Å². The van der Waals surface area contributed by atoms with E-state index in [4.69, 9.17) is 15.6 Å². The molecule has 1 aromatic carbocycles. The van der Waals surface area contributed by atoms with Crippen LogP contribution < -0.4 is 5.73 Å². The number of hydrogen-bond acceptors (Lipinski definition) is 4. The van der Waals surface area contributed by atoms with E-state index in [9.17, 15) is 18.0 Å². The largest absolute Gasteiger partial charge is 0.480 e. The molecule has 0 bridgehead atoms. The quantitative estimate of drug-likeness (QED) is 0.741. The highest BCUT2D eigenvalue weighted by Crippen LogP contribution is 2.50. The predicted octanol–water partition coefficient (Wildman–Crippen LogP) is 2.90. The van der Waals surface area contributed by atoms with E-state index in [-0.39, 0.29) is 30.8 Å². The van der Waals surface area contributed by atoms with Gasteiger partial charge in [0.25, 0.3) is 0 Å². The molecule has 2 rings (SSSR count). The third kappa shape index (κ3) is 3.81. The van der Waals surface area contributed by atoms with E-state index in [1.807, 2.05) is 0 Å². The molecule has 128 valence electrons. The number of ether oxygens (including phenoxy) is 1. The van der Waals surface area contributed by atoms with E-state index in [0.717, 1.165) is 0 Å². The van der Waals surface area contributed by atoms with Crippen LogP contribution in [0.5, 0.6) is 0 Å². The Balaban J connectivity index is 1.99. The molecule has 0 amide bonds. The Kier molecular flexibility index (Phi) is 5.59. The van der Waals surface area contributed by atoms with Crippen molar-refractivity contribution in [1.82, 2.24) is 0 Å². The van der Waals surface area contributed by atoms with Gasteiger partial charge >= 0.3 is 12.1 Å². The first-order chi connectivity index (χ1) is 10.8. The van der Waals surface area contributed by atoms with E-state index < -0.39 is 23.8 Å². The van der Waals surface area contributed by atoms with Gasteiger partial charge in [0.05, 0.1) is 6.61 Å². The molecule has 0 radical (unpaired) electrons. The second-order valence-electron chi connectivity index (χ2n) is 5.37. The lowest BCUT2D eigenvalue weighted by molar-refractivity contribution is -0.281. The Labute approximate surface area is 136 Å². The number of fused-ring (bicyclic) bond motifs is 1. The summed E-state index contributed by atoms with van der Waals surface area (Å²) in [7, 11) is 0. The van der Waals surface area contributed by atoms with E-state index >= 15 is 0 Å². The zero-order valence-electron chi connectivity index (χ0n) is 12.3. The molecule has 0 saturated carbocycles. The first-order valence-corrected chi connectivity index (χ1v) is 8.28. The van der Waals surface area contributed by atoms with Crippen molar-refractivity contribution in [2.75, 3.05) is 11.5 Å². The van der Waals surface area contributed by atoms with Gasteiger partial charge in [-0.1, -0.05) is 24.3 Å². The van der Waals surface area contributed by atoms with Gasteiger partial charge in [0, 0.05) is 0 Å². The molecule has 8 heteroatoms. The number of halogens is 3. The van der Waals surface area contributed by atoms with Crippen LogP contribution in [0.15, 0.2) is 24.3 Å². The highest BCUT2D eigenvalue weighted by molar-refractivity contribution is 7.99. The maximum absolute atomic E-state index is 13.6. The van der Waals surface area contributed by atoms with Gasteiger partial charge in [-0.25, -0.2) is 0 Å². The minimum atomic E-state index is -4.50. The van der Waals surface area contributed by atoms with Crippen LogP contribution in [0.25, 0.3) is 0 Å². The maximum Gasteiger partial charge on any atom is 0.421 e. The number of benzene rings is 1. The topological polar surface area (TPSA) is 72.5 Å². The van der Waals surface area contributed by atoms with Crippen LogP contribution in [0.3, 0.4) is 0 Å². The molecular weight excluding hydrogens is 331 g/mol. The lowest BCUT2D eigenvalue weighted by atomic mass is 9.89. The number of alkyl halides is 3. The molecule has 0 saturated heterocycles. The highest BCUT2D eigenvalue weighted by atomic mass is 32.2. The molecule has 0 aliphatic carbocycles. The Morgan fingerprint density at radius 2 is 2.09 bits per heavy atom. The molecule has 2 atom stereocenters. The van der Waals surface area contributed by atoms with Crippen molar-refractivity contribution in [3.63, 3.8) is 0 Å². The minimum absolute atomic E-state index is 0.0514. The molecule has 1 aliphatic rings. The van der Waals surface area contributed by atoms with Crippen LogP contribution in [0.4, 0.5) is 13.2 Å². The zero-order chi connectivity index (χ0) is 17.1. The average molecular weight is 349 g/mol. The molecule has 3 N–H and O–H groups in total. The van der Waals surface area contributed by atoms with Gasteiger partial charge in [-0.2, -0.15) is 24.9 Å². The molecule has 2 unspecified atom stereocenters. The third-order valence-corrected chi connectivity index (χ3v) is 4.89. The number of rotatable bonds is 7. The average Bonchev–Trinajstić information content (AvgIpc) is 2.86. The number of nitrogens with two attached hydrogens (primary N) is 1. The number of aliphatic carboxylic acids is 1. The second kappa shape index (κ2) is 7.11. The fourth-order valence-corrected chi connectivity index (χ4v) is 3.61. The Morgan fingerprint density at radius 1 is 1.39 bits per heavy atom. The summed E-state index contributed by atoms with van der Waals surface area (Å²) in [6, 6.07) is 5.38. The first kappa shape index (κ1) is 18.1. The van der Waals surface area contributed by atoms with Crippen molar-refractivity contribution in [2.24, 2.45) is 5.73 Å². The summed E-state index contributed by atoms with van der Waals surface area (Å²) in [5.41, 5.74) is 3.82. The summed E-state index contributed by atoms with van der Waals surface area (Å²) in [5.74, 6) is -0.506. The van der Waals surface area contributed by atoms with Crippen LogP contribution in [0.1, 0.15) is 24.0 Å². The molecular formula is C15H18F3NO3S. The van der Waals surface area contributed by atoms with Crippen LogP contribution in [0.2, 0.25) is 0 Å². The number of carbonyl (C=O) groups is 1. The van der Waals surface area contributed by atoms with Gasteiger partial charge in [-0.05, 0) is 35.5 Å². The van der Waals surface area contributed by atoms with Crippen LogP contribution in [-0.2, 0) is 21.7 Å². The first-order valence-electron chi connectivity index (χ1n) is 7.13. The van der Waals surface area contributed by atoms with E-state index in [1.54, 1.807) is 18.2 Å². The van der Waals surface area contributed by atoms with Crippen LogP contribution in [0, 0.1) is 0 Å². The zero-order valence-corrected chi connectivity index (χ0v) is 13.1. The third-order valence-electron chi connectivity index (χ3n) is 3.87. The van der Waals surface area contributed by atoms with E-state index in [2.05, 4.69) is 0 Å². The number of carboxylic acids is 1. The normalized spacial score (nSPS) is 21.9. The standard InChI is InChI=1S/C15H18F3NO3S/c16-15(17,18)14(6-8-23-7-5-12(19)13(20)21)11-4-2-1-3-10(11)9-22-14/h1-4,12H,5-9,19H2,(H,20,21). The van der Waals surface area contributed by atoms with Gasteiger partial charge in [-0.15, -0.1) is 0 Å². The Morgan fingerprint density at radius 3 is 2.74 bits per heavy atom. The van der Waals surface area contributed by atoms with Crippen molar-refractivity contribution in [1.29, 1.82) is 0 Å². The molecule has 1 aliphatic heterocycles. The molecule has 0 fully saturated rings. The number of carboxylic acid groups (broad SMARTS) is 1. The molecule has 0 spiro atoms.